The fourth-order valence-electron chi connectivity index (χ4n) is 1.80. The van der Waals surface area contributed by atoms with Crippen LogP contribution < -0.4 is 10.5 Å². The molecule has 1 fully saturated rings. The Balaban J connectivity index is 2.24. The minimum Gasteiger partial charge on any atom is -0.340 e. The number of aromatic amines is 1. The van der Waals surface area contributed by atoms with E-state index in [0.717, 1.165) is 31.9 Å². The van der Waals surface area contributed by atoms with Crippen LogP contribution in [0.1, 0.15) is 11.3 Å². The van der Waals surface area contributed by atoms with E-state index in [4.69, 9.17) is 0 Å². The minimum atomic E-state index is -0.0265. The molecule has 1 aliphatic heterocycles. The highest BCUT2D eigenvalue weighted by atomic mass is 16.1. The number of piperazine rings is 1. The van der Waals surface area contributed by atoms with Crippen LogP contribution in [0.4, 0.5) is 5.95 Å². The number of aromatic nitrogens is 2. The molecule has 0 spiro atoms. The Bertz CT molecular complexity index is 432. The molecule has 0 aliphatic carbocycles. The van der Waals surface area contributed by atoms with Gasteiger partial charge < -0.3 is 9.80 Å². The van der Waals surface area contributed by atoms with Crippen molar-refractivity contribution < 1.29 is 0 Å². The predicted molar refractivity (Wildman–Crippen MR) is 64.0 cm³/mol. The largest absolute Gasteiger partial charge is 0.340 e. The summed E-state index contributed by atoms with van der Waals surface area (Å²) in [6.07, 6.45) is 0. The molecule has 5 nitrogen and oxygen atoms in total. The van der Waals surface area contributed by atoms with Gasteiger partial charge in [-0.1, -0.05) is 0 Å². The number of anilines is 1. The first kappa shape index (κ1) is 11.1. The topological polar surface area (TPSA) is 52.2 Å². The van der Waals surface area contributed by atoms with Gasteiger partial charge in [-0.25, -0.2) is 4.98 Å². The zero-order chi connectivity index (χ0) is 11.7. The van der Waals surface area contributed by atoms with Crippen molar-refractivity contribution in [3.05, 3.63) is 21.6 Å². The van der Waals surface area contributed by atoms with Gasteiger partial charge in [0.2, 0.25) is 5.95 Å². The minimum absolute atomic E-state index is 0.0265. The smallest absolute Gasteiger partial charge is 0.255 e. The van der Waals surface area contributed by atoms with E-state index in [1.165, 1.54) is 0 Å². The Labute approximate surface area is 95.1 Å². The highest BCUT2D eigenvalue weighted by molar-refractivity contribution is 5.33. The summed E-state index contributed by atoms with van der Waals surface area (Å²) in [6.45, 7) is 7.54. The number of aryl methyl sites for hydroxylation is 1. The van der Waals surface area contributed by atoms with Crippen LogP contribution in [0.25, 0.3) is 0 Å². The molecular formula is C11H18N4O. The number of hydrogen-bond donors (Lipinski definition) is 1. The van der Waals surface area contributed by atoms with E-state index in [9.17, 15) is 4.79 Å². The second-order valence-corrected chi connectivity index (χ2v) is 4.39. The molecule has 1 N–H and O–H groups in total. The number of H-pyrrole nitrogens is 1. The van der Waals surface area contributed by atoms with Gasteiger partial charge in [-0.05, 0) is 20.9 Å². The average Bonchev–Trinajstić information content (AvgIpc) is 2.26. The maximum Gasteiger partial charge on any atom is 0.255 e. The molecule has 2 heterocycles. The van der Waals surface area contributed by atoms with E-state index in [1.807, 2.05) is 6.92 Å². The first-order chi connectivity index (χ1) is 7.58. The summed E-state index contributed by atoms with van der Waals surface area (Å²) >= 11 is 0. The lowest BCUT2D eigenvalue weighted by molar-refractivity contribution is 0.311. The summed E-state index contributed by atoms with van der Waals surface area (Å²) in [5.41, 5.74) is 1.50. The van der Waals surface area contributed by atoms with Gasteiger partial charge >= 0.3 is 0 Å². The van der Waals surface area contributed by atoms with Crippen molar-refractivity contribution in [3.63, 3.8) is 0 Å². The van der Waals surface area contributed by atoms with Crippen LogP contribution in [-0.4, -0.2) is 48.1 Å². The molecule has 0 amide bonds. The van der Waals surface area contributed by atoms with Crippen molar-refractivity contribution in [3.8, 4) is 0 Å². The third-order valence-corrected chi connectivity index (χ3v) is 3.19. The van der Waals surface area contributed by atoms with Crippen molar-refractivity contribution in [2.24, 2.45) is 0 Å². The van der Waals surface area contributed by atoms with Gasteiger partial charge in [0.15, 0.2) is 0 Å². The van der Waals surface area contributed by atoms with E-state index in [2.05, 4.69) is 26.8 Å². The number of hydrogen-bond acceptors (Lipinski definition) is 4. The van der Waals surface area contributed by atoms with Crippen molar-refractivity contribution in [1.82, 2.24) is 14.9 Å². The molecule has 16 heavy (non-hydrogen) atoms. The van der Waals surface area contributed by atoms with Crippen LogP contribution in [0, 0.1) is 13.8 Å². The highest BCUT2D eigenvalue weighted by Crippen LogP contribution is 2.09. The molecule has 0 aromatic carbocycles. The molecule has 88 valence electrons. The van der Waals surface area contributed by atoms with Crippen molar-refractivity contribution in [2.75, 3.05) is 38.1 Å². The normalized spacial score (nSPS) is 17.8. The Morgan fingerprint density at radius 2 is 1.81 bits per heavy atom. The standard InChI is InChI=1S/C11H18N4O/c1-8-9(2)12-11(13-10(8)16)15-6-4-14(3)5-7-15/h4-7H2,1-3H3,(H,12,13,16). The monoisotopic (exact) mass is 222 g/mol. The molecule has 0 saturated carbocycles. The maximum atomic E-state index is 11.6. The van der Waals surface area contributed by atoms with Crippen molar-refractivity contribution in [2.45, 2.75) is 13.8 Å². The van der Waals surface area contributed by atoms with Gasteiger partial charge in [0.1, 0.15) is 0 Å². The fourth-order valence-corrected chi connectivity index (χ4v) is 1.80. The summed E-state index contributed by atoms with van der Waals surface area (Å²) in [4.78, 5) is 23.3. The zero-order valence-electron chi connectivity index (χ0n) is 10.1. The molecule has 0 radical (unpaired) electrons. The van der Waals surface area contributed by atoms with E-state index in [1.54, 1.807) is 6.92 Å². The van der Waals surface area contributed by atoms with E-state index in [-0.39, 0.29) is 5.56 Å². The first-order valence-corrected chi connectivity index (χ1v) is 5.59. The Hall–Kier alpha value is -1.36. The highest BCUT2D eigenvalue weighted by Gasteiger charge is 2.16. The molecule has 5 heteroatoms. The third kappa shape index (κ3) is 2.09. The average molecular weight is 222 g/mol. The number of likely N-dealkylation sites (N-methyl/N-ethyl adjacent to an activating group) is 1. The molecule has 1 aliphatic rings. The molecular weight excluding hydrogens is 204 g/mol. The molecule has 0 atom stereocenters. The van der Waals surface area contributed by atoms with Gasteiger partial charge in [0.25, 0.3) is 5.56 Å². The van der Waals surface area contributed by atoms with E-state index in [0.29, 0.717) is 11.5 Å². The summed E-state index contributed by atoms with van der Waals surface area (Å²) < 4.78 is 0. The van der Waals surface area contributed by atoms with Crippen LogP contribution in [0.5, 0.6) is 0 Å². The van der Waals surface area contributed by atoms with E-state index >= 15 is 0 Å². The molecule has 0 bridgehead atoms. The predicted octanol–water partition coefficient (Wildman–Crippen LogP) is 0.139. The van der Waals surface area contributed by atoms with Crippen LogP contribution >= 0.6 is 0 Å². The fraction of sp³-hybridized carbons (Fsp3) is 0.636. The third-order valence-electron chi connectivity index (χ3n) is 3.19. The Morgan fingerprint density at radius 1 is 1.19 bits per heavy atom. The van der Waals surface area contributed by atoms with Crippen molar-refractivity contribution in [1.29, 1.82) is 0 Å². The van der Waals surface area contributed by atoms with Crippen LogP contribution in [-0.2, 0) is 0 Å². The van der Waals surface area contributed by atoms with E-state index < -0.39 is 0 Å². The first-order valence-electron chi connectivity index (χ1n) is 5.59. The summed E-state index contributed by atoms with van der Waals surface area (Å²) in [5, 5.41) is 0. The molecule has 1 saturated heterocycles. The quantitative estimate of drug-likeness (QED) is 0.734. The van der Waals surface area contributed by atoms with Crippen LogP contribution in [0.15, 0.2) is 4.79 Å². The number of rotatable bonds is 1. The molecule has 2 rings (SSSR count). The van der Waals surface area contributed by atoms with Gasteiger partial charge in [-0.2, -0.15) is 0 Å². The summed E-state index contributed by atoms with van der Waals surface area (Å²) in [6, 6.07) is 0. The Morgan fingerprint density at radius 3 is 2.38 bits per heavy atom. The molecule has 0 unspecified atom stereocenters. The van der Waals surface area contributed by atoms with Gasteiger partial charge in [-0.15, -0.1) is 0 Å². The van der Waals surface area contributed by atoms with Gasteiger partial charge in [-0.3, -0.25) is 9.78 Å². The van der Waals surface area contributed by atoms with Crippen LogP contribution in [0.2, 0.25) is 0 Å². The lowest BCUT2D eigenvalue weighted by Crippen LogP contribution is -2.45. The second kappa shape index (κ2) is 4.25. The number of nitrogens with one attached hydrogen (secondary N) is 1. The lowest BCUT2D eigenvalue weighted by atomic mass is 10.3. The lowest BCUT2D eigenvalue weighted by Gasteiger charge is -2.32. The second-order valence-electron chi connectivity index (χ2n) is 4.39. The van der Waals surface area contributed by atoms with Gasteiger partial charge in [0.05, 0.1) is 0 Å². The Kier molecular flexibility index (Phi) is 2.96. The molecule has 1 aromatic heterocycles. The zero-order valence-corrected chi connectivity index (χ0v) is 10.1. The maximum absolute atomic E-state index is 11.6. The SMILES string of the molecule is Cc1nc(N2CCN(C)CC2)[nH]c(=O)c1C. The number of nitrogens with zero attached hydrogens (tertiary/aromatic N) is 3. The summed E-state index contributed by atoms with van der Waals surface area (Å²) in [7, 11) is 2.11. The van der Waals surface area contributed by atoms with Crippen molar-refractivity contribution >= 4 is 5.95 Å². The van der Waals surface area contributed by atoms with Gasteiger partial charge in [0, 0.05) is 37.4 Å². The summed E-state index contributed by atoms with van der Waals surface area (Å²) in [5.74, 6) is 0.709. The van der Waals surface area contributed by atoms with Crippen LogP contribution in [0.3, 0.4) is 0 Å². The molecule has 1 aromatic rings.